The molecule has 17 heavy (non-hydrogen) atoms. The first-order valence-corrected chi connectivity index (χ1v) is 7.14. The summed E-state index contributed by atoms with van der Waals surface area (Å²) < 4.78 is 14.3. The van der Waals surface area contributed by atoms with Crippen molar-refractivity contribution in [1.82, 2.24) is 0 Å². The van der Waals surface area contributed by atoms with Gasteiger partial charge in [-0.1, -0.05) is 45.7 Å². The number of benzene rings is 2. The Morgan fingerprint density at radius 3 is 2.65 bits per heavy atom. The Kier molecular flexibility index (Phi) is 4.48. The van der Waals surface area contributed by atoms with Crippen molar-refractivity contribution in [1.29, 1.82) is 0 Å². The molecule has 0 atom stereocenters. The molecule has 0 amide bonds. The van der Waals surface area contributed by atoms with Gasteiger partial charge in [-0.15, -0.1) is 11.8 Å². The molecule has 88 valence electrons. The third-order valence-electron chi connectivity index (χ3n) is 2.23. The lowest BCUT2D eigenvalue weighted by molar-refractivity contribution is 0.616. The third-order valence-corrected chi connectivity index (χ3v) is 4.29. The maximum absolute atomic E-state index is 13.6. The summed E-state index contributed by atoms with van der Waals surface area (Å²) in [6.45, 7) is 0. The number of hydrogen-bond acceptors (Lipinski definition) is 1. The fourth-order valence-electron chi connectivity index (χ4n) is 1.36. The van der Waals surface area contributed by atoms with E-state index in [9.17, 15) is 4.39 Å². The molecule has 0 saturated heterocycles. The van der Waals surface area contributed by atoms with E-state index in [0.29, 0.717) is 16.3 Å². The second kappa shape index (κ2) is 5.89. The Labute approximate surface area is 117 Å². The molecule has 0 heterocycles. The Bertz CT molecular complexity index is 531. The highest BCUT2D eigenvalue weighted by molar-refractivity contribution is 9.10. The summed E-state index contributed by atoms with van der Waals surface area (Å²) in [5, 5.41) is 0.704. The van der Waals surface area contributed by atoms with Gasteiger partial charge in [0.15, 0.2) is 0 Å². The average molecular weight is 332 g/mol. The highest BCUT2D eigenvalue weighted by Gasteiger charge is 2.05. The predicted octanol–water partition coefficient (Wildman–Crippen LogP) is 5.53. The smallest absolute Gasteiger partial charge is 0.128 e. The lowest BCUT2D eigenvalue weighted by atomic mass is 10.2. The first-order valence-electron chi connectivity index (χ1n) is 4.98. The van der Waals surface area contributed by atoms with Crippen LogP contribution in [0.4, 0.5) is 4.39 Å². The lowest BCUT2D eigenvalue weighted by Crippen LogP contribution is -1.87. The zero-order valence-corrected chi connectivity index (χ0v) is 11.9. The molecule has 0 aromatic heterocycles. The molecule has 0 fully saturated rings. The second-order valence-corrected chi connectivity index (χ2v) is 5.79. The molecule has 0 unspecified atom stereocenters. The van der Waals surface area contributed by atoms with Gasteiger partial charge in [0.2, 0.25) is 0 Å². The van der Waals surface area contributed by atoms with Gasteiger partial charge >= 0.3 is 0 Å². The third kappa shape index (κ3) is 3.47. The van der Waals surface area contributed by atoms with Crippen LogP contribution in [0.5, 0.6) is 0 Å². The van der Waals surface area contributed by atoms with Crippen LogP contribution in [0, 0.1) is 5.82 Å². The summed E-state index contributed by atoms with van der Waals surface area (Å²) in [7, 11) is 0. The van der Waals surface area contributed by atoms with Crippen molar-refractivity contribution in [2.45, 2.75) is 10.6 Å². The van der Waals surface area contributed by atoms with Crippen molar-refractivity contribution in [3.05, 3.63) is 63.3 Å². The summed E-state index contributed by atoms with van der Waals surface area (Å²) in [6.07, 6.45) is 0. The van der Waals surface area contributed by atoms with E-state index in [0.717, 1.165) is 9.37 Å². The van der Waals surface area contributed by atoms with Crippen LogP contribution in [0.2, 0.25) is 5.02 Å². The van der Waals surface area contributed by atoms with Gasteiger partial charge < -0.3 is 0 Å². The number of halogens is 3. The molecule has 2 aromatic rings. The molecule has 0 spiro atoms. The SMILES string of the molecule is Fc1cc(Br)ccc1CSc1ccccc1Cl. The van der Waals surface area contributed by atoms with Crippen LogP contribution in [0.3, 0.4) is 0 Å². The fraction of sp³-hybridized carbons (Fsp3) is 0.0769. The highest BCUT2D eigenvalue weighted by atomic mass is 79.9. The normalized spacial score (nSPS) is 10.5. The van der Waals surface area contributed by atoms with Gasteiger partial charge in [0.05, 0.1) is 5.02 Å². The van der Waals surface area contributed by atoms with Crippen LogP contribution in [0.15, 0.2) is 51.8 Å². The van der Waals surface area contributed by atoms with E-state index in [1.54, 1.807) is 6.07 Å². The zero-order chi connectivity index (χ0) is 12.3. The van der Waals surface area contributed by atoms with E-state index >= 15 is 0 Å². The quantitative estimate of drug-likeness (QED) is 0.666. The molecule has 2 rings (SSSR count). The van der Waals surface area contributed by atoms with E-state index in [2.05, 4.69) is 15.9 Å². The van der Waals surface area contributed by atoms with Gasteiger partial charge in [-0.2, -0.15) is 0 Å². The van der Waals surface area contributed by atoms with E-state index < -0.39 is 0 Å². The minimum absolute atomic E-state index is 0.195. The molecule has 0 aliphatic carbocycles. The molecule has 0 aliphatic heterocycles. The first-order chi connectivity index (χ1) is 8.16. The summed E-state index contributed by atoms with van der Waals surface area (Å²) in [5.74, 6) is 0.377. The molecule has 0 saturated carbocycles. The first kappa shape index (κ1) is 12.9. The van der Waals surface area contributed by atoms with E-state index in [1.807, 2.05) is 30.3 Å². The van der Waals surface area contributed by atoms with Crippen LogP contribution in [0.1, 0.15) is 5.56 Å². The van der Waals surface area contributed by atoms with Crippen molar-refractivity contribution in [2.75, 3.05) is 0 Å². The minimum atomic E-state index is -0.195. The Hall–Kier alpha value is -0.510. The molecule has 4 heteroatoms. The van der Waals surface area contributed by atoms with Crippen LogP contribution < -0.4 is 0 Å². The van der Waals surface area contributed by atoms with Gasteiger partial charge in [-0.05, 0) is 29.8 Å². The Morgan fingerprint density at radius 2 is 1.94 bits per heavy atom. The number of hydrogen-bond donors (Lipinski definition) is 0. The minimum Gasteiger partial charge on any atom is -0.207 e. The van der Waals surface area contributed by atoms with E-state index in [1.165, 1.54) is 17.8 Å². The Balaban J connectivity index is 2.10. The van der Waals surface area contributed by atoms with Gasteiger partial charge in [0.25, 0.3) is 0 Å². The van der Waals surface area contributed by atoms with Gasteiger partial charge in [0.1, 0.15) is 5.82 Å². The molecule has 2 aromatic carbocycles. The zero-order valence-electron chi connectivity index (χ0n) is 8.79. The largest absolute Gasteiger partial charge is 0.207 e. The van der Waals surface area contributed by atoms with Crippen LogP contribution in [-0.4, -0.2) is 0 Å². The molecule has 0 N–H and O–H groups in total. The van der Waals surface area contributed by atoms with Crippen molar-refractivity contribution >= 4 is 39.3 Å². The van der Waals surface area contributed by atoms with Crippen LogP contribution >= 0.6 is 39.3 Å². The molecule has 0 bridgehead atoms. The second-order valence-electron chi connectivity index (χ2n) is 3.45. The predicted molar refractivity (Wildman–Crippen MR) is 75.1 cm³/mol. The maximum atomic E-state index is 13.6. The summed E-state index contributed by atoms with van der Waals surface area (Å²) in [4.78, 5) is 0.969. The van der Waals surface area contributed by atoms with Gasteiger partial charge in [0, 0.05) is 15.1 Å². The van der Waals surface area contributed by atoms with Gasteiger partial charge in [-0.25, -0.2) is 4.39 Å². The Morgan fingerprint density at radius 1 is 1.18 bits per heavy atom. The fourth-order valence-corrected chi connectivity index (χ4v) is 2.91. The van der Waals surface area contributed by atoms with Crippen LogP contribution in [-0.2, 0) is 5.75 Å². The topological polar surface area (TPSA) is 0 Å². The number of rotatable bonds is 3. The number of thioether (sulfide) groups is 1. The maximum Gasteiger partial charge on any atom is 0.128 e. The van der Waals surface area contributed by atoms with Gasteiger partial charge in [-0.3, -0.25) is 0 Å². The lowest BCUT2D eigenvalue weighted by Gasteiger charge is -2.05. The monoisotopic (exact) mass is 330 g/mol. The highest BCUT2D eigenvalue weighted by Crippen LogP contribution is 2.30. The molecular formula is C13H9BrClFS. The van der Waals surface area contributed by atoms with E-state index in [4.69, 9.17) is 11.6 Å². The summed E-state index contributed by atoms with van der Waals surface area (Å²) >= 11 is 10.8. The summed E-state index contributed by atoms with van der Waals surface area (Å²) in [6, 6.07) is 12.7. The van der Waals surface area contributed by atoms with E-state index in [-0.39, 0.29) is 5.82 Å². The molecule has 0 nitrogen and oxygen atoms in total. The molecule has 0 aliphatic rings. The van der Waals surface area contributed by atoms with Crippen molar-refractivity contribution < 1.29 is 4.39 Å². The standard InChI is InChI=1S/C13H9BrClFS/c14-10-6-5-9(12(16)7-10)8-17-13-4-2-1-3-11(13)15/h1-7H,8H2. The van der Waals surface area contributed by atoms with Crippen molar-refractivity contribution in [3.8, 4) is 0 Å². The molecular weight excluding hydrogens is 323 g/mol. The summed E-state index contributed by atoms with van der Waals surface area (Å²) in [5.41, 5.74) is 0.679. The molecule has 0 radical (unpaired) electrons. The van der Waals surface area contributed by atoms with Crippen molar-refractivity contribution in [2.24, 2.45) is 0 Å². The van der Waals surface area contributed by atoms with Crippen LogP contribution in [0.25, 0.3) is 0 Å². The average Bonchev–Trinajstić information content (AvgIpc) is 2.30. The van der Waals surface area contributed by atoms with Crippen molar-refractivity contribution in [3.63, 3.8) is 0 Å².